The summed E-state index contributed by atoms with van der Waals surface area (Å²) in [6.07, 6.45) is 3.60. The van der Waals surface area contributed by atoms with Gasteiger partial charge in [-0.15, -0.1) is 0 Å². The Balaban J connectivity index is 2.86. The number of aromatic amines is 1. The van der Waals surface area contributed by atoms with E-state index in [0.29, 0.717) is 5.15 Å². The van der Waals surface area contributed by atoms with Crippen LogP contribution in [0.25, 0.3) is 10.9 Å². The maximum absolute atomic E-state index is 5.68. The average molecular weight is 231 g/mol. The molecule has 0 spiro atoms. The molecule has 0 unspecified atom stereocenters. The van der Waals surface area contributed by atoms with Gasteiger partial charge in [-0.3, -0.25) is 0 Å². The van der Waals surface area contributed by atoms with Crippen LogP contribution >= 0.6 is 27.5 Å². The smallest absolute Gasteiger partial charge is 0.131 e. The lowest BCUT2D eigenvalue weighted by Crippen LogP contribution is -1.73. The van der Waals surface area contributed by atoms with Gasteiger partial charge in [0.1, 0.15) is 5.15 Å². The Morgan fingerprint density at radius 3 is 3.18 bits per heavy atom. The summed E-state index contributed by atoms with van der Waals surface area (Å²) in [6, 6.07) is 1.79. The Morgan fingerprint density at radius 2 is 2.36 bits per heavy atom. The lowest BCUT2D eigenvalue weighted by molar-refractivity contribution is 1.35. The normalized spacial score (nSPS) is 10.7. The molecule has 1 N–H and O–H groups in total. The van der Waals surface area contributed by atoms with Gasteiger partial charge >= 0.3 is 0 Å². The first-order valence-electron chi connectivity index (χ1n) is 3.05. The third-order valence-corrected chi connectivity index (χ3v) is 2.35. The van der Waals surface area contributed by atoms with E-state index in [1.807, 2.05) is 6.20 Å². The number of halogens is 2. The molecular formula is C7H4BrClN2. The second-order valence-corrected chi connectivity index (χ2v) is 3.43. The third kappa shape index (κ3) is 1.14. The molecule has 11 heavy (non-hydrogen) atoms. The van der Waals surface area contributed by atoms with Crippen molar-refractivity contribution in [2.45, 2.75) is 0 Å². The molecule has 0 aliphatic carbocycles. The number of pyridine rings is 1. The van der Waals surface area contributed by atoms with Gasteiger partial charge in [0.2, 0.25) is 0 Å². The van der Waals surface area contributed by atoms with E-state index in [2.05, 4.69) is 25.9 Å². The van der Waals surface area contributed by atoms with Gasteiger partial charge in [-0.05, 0) is 22.0 Å². The number of nitrogens with zero attached hydrogens (tertiary/aromatic N) is 1. The quantitative estimate of drug-likeness (QED) is 0.694. The van der Waals surface area contributed by atoms with Crippen LogP contribution in [0.15, 0.2) is 22.9 Å². The minimum absolute atomic E-state index is 0.506. The van der Waals surface area contributed by atoms with Crippen molar-refractivity contribution < 1.29 is 0 Å². The maximum Gasteiger partial charge on any atom is 0.131 e. The van der Waals surface area contributed by atoms with E-state index in [9.17, 15) is 0 Å². The standard InChI is InChI=1S/C7H4BrClN2/c8-5-3-10-6-1-7(9)11-2-4(5)6/h1-3,10H. The van der Waals surface area contributed by atoms with Crippen LogP contribution < -0.4 is 0 Å². The van der Waals surface area contributed by atoms with Crippen molar-refractivity contribution in [2.24, 2.45) is 0 Å². The molecule has 2 nitrogen and oxygen atoms in total. The molecule has 2 aromatic rings. The van der Waals surface area contributed by atoms with Gasteiger partial charge < -0.3 is 4.98 Å². The molecule has 2 aromatic heterocycles. The SMILES string of the molecule is Clc1cc2[nH]cc(Br)c2cn1. The van der Waals surface area contributed by atoms with Crippen molar-refractivity contribution in [1.82, 2.24) is 9.97 Å². The van der Waals surface area contributed by atoms with Crippen LogP contribution in [-0.2, 0) is 0 Å². The molecule has 56 valence electrons. The molecule has 2 rings (SSSR count). The zero-order valence-electron chi connectivity index (χ0n) is 5.44. The van der Waals surface area contributed by atoms with Crippen LogP contribution in [0.3, 0.4) is 0 Å². The molecule has 0 atom stereocenters. The summed E-state index contributed by atoms with van der Waals surface area (Å²) in [4.78, 5) is 7.01. The number of aromatic nitrogens is 2. The van der Waals surface area contributed by atoms with E-state index >= 15 is 0 Å². The Bertz CT molecular complexity index is 396. The Hall–Kier alpha value is -0.540. The van der Waals surface area contributed by atoms with Crippen molar-refractivity contribution in [2.75, 3.05) is 0 Å². The fraction of sp³-hybridized carbons (Fsp3) is 0. The predicted octanol–water partition coefficient (Wildman–Crippen LogP) is 2.98. The first kappa shape index (κ1) is 7.13. The third-order valence-electron chi connectivity index (χ3n) is 1.48. The van der Waals surface area contributed by atoms with Crippen LogP contribution in [0, 0.1) is 0 Å². The molecule has 2 heterocycles. The van der Waals surface area contributed by atoms with Crippen LogP contribution in [0.4, 0.5) is 0 Å². The highest BCUT2D eigenvalue weighted by atomic mass is 79.9. The molecule has 0 amide bonds. The number of fused-ring (bicyclic) bond motifs is 1. The summed E-state index contributed by atoms with van der Waals surface area (Å²) in [5.41, 5.74) is 0.997. The number of H-pyrrole nitrogens is 1. The second-order valence-electron chi connectivity index (χ2n) is 2.19. The van der Waals surface area contributed by atoms with Gasteiger partial charge in [0, 0.05) is 22.3 Å². The molecular weight excluding hydrogens is 227 g/mol. The first-order valence-corrected chi connectivity index (χ1v) is 4.22. The summed E-state index contributed by atoms with van der Waals surface area (Å²) in [5, 5.41) is 1.56. The lowest BCUT2D eigenvalue weighted by atomic mass is 10.3. The summed E-state index contributed by atoms with van der Waals surface area (Å²) in [6.45, 7) is 0. The van der Waals surface area contributed by atoms with Gasteiger partial charge in [-0.2, -0.15) is 0 Å². The molecule has 0 saturated carbocycles. The zero-order chi connectivity index (χ0) is 7.84. The van der Waals surface area contributed by atoms with E-state index < -0.39 is 0 Å². The minimum atomic E-state index is 0.506. The van der Waals surface area contributed by atoms with Crippen LogP contribution in [0.2, 0.25) is 5.15 Å². The Morgan fingerprint density at radius 1 is 1.55 bits per heavy atom. The van der Waals surface area contributed by atoms with E-state index in [1.54, 1.807) is 12.3 Å². The predicted molar refractivity (Wildman–Crippen MR) is 48.8 cm³/mol. The largest absolute Gasteiger partial charge is 0.360 e. The fourth-order valence-corrected chi connectivity index (χ4v) is 1.55. The van der Waals surface area contributed by atoms with Crippen molar-refractivity contribution >= 4 is 38.4 Å². The van der Waals surface area contributed by atoms with Gasteiger partial charge in [0.25, 0.3) is 0 Å². The van der Waals surface area contributed by atoms with Gasteiger partial charge in [0.05, 0.1) is 5.52 Å². The highest BCUT2D eigenvalue weighted by Crippen LogP contribution is 2.23. The number of hydrogen-bond acceptors (Lipinski definition) is 1. The average Bonchev–Trinajstić information content (AvgIpc) is 2.32. The van der Waals surface area contributed by atoms with Crippen LogP contribution in [-0.4, -0.2) is 9.97 Å². The number of hydrogen-bond donors (Lipinski definition) is 1. The second kappa shape index (κ2) is 2.50. The summed E-state index contributed by atoms with van der Waals surface area (Å²) in [7, 11) is 0. The van der Waals surface area contributed by atoms with E-state index in [4.69, 9.17) is 11.6 Å². The van der Waals surface area contributed by atoms with Crippen molar-refractivity contribution in [3.63, 3.8) is 0 Å². The van der Waals surface area contributed by atoms with E-state index in [1.165, 1.54) is 0 Å². The molecule has 0 aromatic carbocycles. The number of nitrogens with one attached hydrogen (secondary N) is 1. The van der Waals surface area contributed by atoms with Crippen molar-refractivity contribution in [1.29, 1.82) is 0 Å². The minimum Gasteiger partial charge on any atom is -0.360 e. The molecule has 4 heteroatoms. The molecule has 0 fully saturated rings. The Labute approximate surface area is 76.7 Å². The van der Waals surface area contributed by atoms with Gasteiger partial charge in [-0.1, -0.05) is 11.6 Å². The van der Waals surface area contributed by atoms with Gasteiger partial charge in [0.15, 0.2) is 0 Å². The van der Waals surface area contributed by atoms with E-state index in [-0.39, 0.29) is 0 Å². The lowest BCUT2D eigenvalue weighted by Gasteiger charge is -1.89. The Kier molecular flexibility index (Phi) is 1.62. The molecule has 0 radical (unpaired) electrons. The molecule has 0 aliphatic heterocycles. The molecule has 0 aliphatic rings. The van der Waals surface area contributed by atoms with Crippen LogP contribution in [0.1, 0.15) is 0 Å². The summed E-state index contributed by atoms with van der Waals surface area (Å²) < 4.78 is 1.01. The highest BCUT2D eigenvalue weighted by Gasteiger charge is 2.00. The van der Waals surface area contributed by atoms with Crippen molar-refractivity contribution in [3.8, 4) is 0 Å². The first-order chi connectivity index (χ1) is 5.27. The highest BCUT2D eigenvalue weighted by molar-refractivity contribution is 9.10. The van der Waals surface area contributed by atoms with Crippen LogP contribution in [0.5, 0.6) is 0 Å². The van der Waals surface area contributed by atoms with Crippen molar-refractivity contribution in [3.05, 3.63) is 28.1 Å². The monoisotopic (exact) mass is 230 g/mol. The maximum atomic E-state index is 5.68. The summed E-state index contributed by atoms with van der Waals surface area (Å²) in [5.74, 6) is 0. The van der Waals surface area contributed by atoms with Gasteiger partial charge in [-0.25, -0.2) is 4.98 Å². The molecule has 0 saturated heterocycles. The summed E-state index contributed by atoms with van der Waals surface area (Å²) >= 11 is 9.06. The zero-order valence-corrected chi connectivity index (χ0v) is 7.78. The molecule has 0 bridgehead atoms. The van der Waals surface area contributed by atoms with E-state index in [0.717, 1.165) is 15.4 Å². The fourth-order valence-electron chi connectivity index (χ4n) is 0.958. The number of rotatable bonds is 0. The topological polar surface area (TPSA) is 28.7 Å².